The van der Waals surface area contributed by atoms with Gasteiger partial charge in [-0.05, 0) is 12.7 Å². The summed E-state index contributed by atoms with van der Waals surface area (Å²) in [7, 11) is 0. The zero-order valence-corrected chi connectivity index (χ0v) is 10.6. The number of carboxylic acid groups (broad SMARTS) is 2. The van der Waals surface area contributed by atoms with E-state index in [9.17, 15) is 14.4 Å². The highest BCUT2D eigenvalue weighted by atomic mass is 32.2. The Balaban J connectivity index is 4.51. The summed E-state index contributed by atoms with van der Waals surface area (Å²) in [5.74, 6) is -3.15. The molecule has 0 aliphatic heterocycles. The first-order chi connectivity index (χ1) is 8.27. The van der Waals surface area contributed by atoms with Crippen LogP contribution in [0.1, 0.15) is 12.8 Å². The molecule has 0 heterocycles. The molecule has 0 bridgehead atoms. The normalized spacial score (nSPS) is 15.7. The Labute approximate surface area is 108 Å². The molecule has 0 aliphatic rings. The third-order valence-electron chi connectivity index (χ3n) is 2.16. The monoisotopic (exact) mass is 279 g/mol. The average molecular weight is 279 g/mol. The van der Waals surface area contributed by atoms with Gasteiger partial charge in [-0.2, -0.15) is 0 Å². The Hall–Kier alpha value is -1.32. The Kier molecular flexibility index (Phi) is 7.32. The van der Waals surface area contributed by atoms with Crippen LogP contribution in [0.5, 0.6) is 0 Å². The first-order valence-electron chi connectivity index (χ1n) is 5.06. The fraction of sp³-hybridized carbons (Fsp3) is 0.667. The van der Waals surface area contributed by atoms with E-state index >= 15 is 0 Å². The van der Waals surface area contributed by atoms with Gasteiger partial charge in [0, 0.05) is 0 Å². The second-order valence-corrected chi connectivity index (χ2v) is 4.67. The second-order valence-electron chi connectivity index (χ2n) is 3.63. The molecule has 0 spiro atoms. The molecule has 0 aliphatic carbocycles. The van der Waals surface area contributed by atoms with E-state index in [0.717, 1.165) is 0 Å². The number of carbonyl (C=O) groups excluding carboxylic acids is 1. The maximum Gasteiger partial charge on any atom is 0.321 e. The van der Waals surface area contributed by atoms with E-state index in [0.29, 0.717) is 0 Å². The Morgan fingerprint density at radius 3 is 2.17 bits per heavy atom. The molecule has 7 N–H and O–H groups in total. The van der Waals surface area contributed by atoms with Crippen LogP contribution in [0, 0.1) is 0 Å². The first kappa shape index (κ1) is 16.7. The van der Waals surface area contributed by atoms with Crippen molar-refractivity contribution in [2.45, 2.75) is 30.3 Å². The highest BCUT2D eigenvalue weighted by molar-refractivity contribution is 7.99. The molecular formula is C9H17N3O5S. The van der Waals surface area contributed by atoms with Crippen LogP contribution in [-0.4, -0.2) is 51.8 Å². The molecule has 1 unspecified atom stereocenters. The van der Waals surface area contributed by atoms with E-state index in [-0.39, 0.29) is 12.8 Å². The summed E-state index contributed by atoms with van der Waals surface area (Å²) in [6.45, 7) is 0. The van der Waals surface area contributed by atoms with Gasteiger partial charge in [-0.3, -0.25) is 19.7 Å². The van der Waals surface area contributed by atoms with Crippen molar-refractivity contribution in [2.24, 2.45) is 11.5 Å². The topological polar surface area (TPSA) is 156 Å². The molecule has 0 radical (unpaired) electrons. The minimum atomic E-state index is -1.23. The number of primary amides is 1. The fourth-order valence-electron chi connectivity index (χ4n) is 1.21. The lowest BCUT2D eigenvalue weighted by molar-refractivity contribution is -0.141. The molecule has 0 saturated carbocycles. The van der Waals surface area contributed by atoms with Crippen molar-refractivity contribution < 1.29 is 24.6 Å². The standard InChI is InChI=1S/C9H17N3O5S/c1-18-7(2-4(10)8(14)15)12-5(9(16)17)3-6(11)13/h4-5,7,12H,2-3,10H2,1H3,(H2,11,13)(H,14,15)(H,16,17)/t4-,5-,7?/m0/s1. The lowest BCUT2D eigenvalue weighted by atomic mass is 10.1. The lowest BCUT2D eigenvalue weighted by Gasteiger charge is -2.22. The molecular weight excluding hydrogens is 262 g/mol. The van der Waals surface area contributed by atoms with Crippen LogP contribution in [0.2, 0.25) is 0 Å². The summed E-state index contributed by atoms with van der Waals surface area (Å²) in [4.78, 5) is 32.2. The highest BCUT2D eigenvalue weighted by Crippen LogP contribution is 2.11. The molecule has 0 aromatic carbocycles. The fourth-order valence-corrected chi connectivity index (χ4v) is 1.91. The zero-order chi connectivity index (χ0) is 14.3. The number of hydrogen-bond acceptors (Lipinski definition) is 6. The van der Waals surface area contributed by atoms with Crippen molar-refractivity contribution in [2.75, 3.05) is 6.26 Å². The molecule has 18 heavy (non-hydrogen) atoms. The Bertz CT molecular complexity index is 325. The minimum absolute atomic E-state index is 0.0407. The predicted molar refractivity (Wildman–Crippen MR) is 65.9 cm³/mol. The van der Waals surface area contributed by atoms with Crippen LogP contribution < -0.4 is 16.8 Å². The van der Waals surface area contributed by atoms with E-state index < -0.39 is 35.3 Å². The van der Waals surface area contributed by atoms with Crippen LogP contribution in [0.15, 0.2) is 0 Å². The maximum absolute atomic E-state index is 10.9. The highest BCUT2D eigenvalue weighted by Gasteiger charge is 2.25. The summed E-state index contributed by atoms with van der Waals surface area (Å²) in [6.07, 6.45) is 1.35. The number of rotatable bonds is 9. The molecule has 0 aromatic heterocycles. The Morgan fingerprint density at radius 1 is 1.28 bits per heavy atom. The second kappa shape index (κ2) is 7.90. The number of carboxylic acids is 2. The van der Waals surface area contributed by atoms with Gasteiger partial charge in [0.2, 0.25) is 5.91 Å². The van der Waals surface area contributed by atoms with E-state index in [1.165, 1.54) is 11.8 Å². The first-order valence-corrected chi connectivity index (χ1v) is 6.35. The maximum atomic E-state index is 10.9. The molecule has 3 atom stereocenters. The molecule has 0 rings (SSSR count). The van der Waals surface area contributed by atoms with E-state index in [1.807, 2.05) is 0 Å². The number of nitrogens with one attached hydrogen (secondary N) is 1. The number of aliphatic carboxylic acids is 2. The quantitative estimate of drug-likeness (QED) is 0.316. The lowest BCUT2D eigenvalue weighted by Crippen LogP contribution is -2.47. The largest absolute Gasteiger partial charge is 0.480 e. The van der Waals surface area contributed by atoms with Gasteiger partial charge in [-0.15, -0.1) is 11.8 Å². The van der Waals surface area contributed by atoms with Crippen LogP contribution in [0.4, 0.5) is 0 Å². The van der Waals surface area contributed by atoms with Gasteiger partial charge in [0.15, 0.2) is 0 Å². The Morgan fingerprint density at radius 2 is 1.83 bits per heavy atom. The van der Waals surface area contributed by atoms with Crippen LogP contribution in [-0.2, 0) is 14.4 Å². The molecule has 8 nitrogen and oxygen atoms in total. The predicted octanol–water partition coefficient (Wildman–Crippen LogP) is -1.60. The van der Waals surface area contributed by atoms with E-state index in [4.69, 9.17) is 21.7 Å². The summed E-state index contributed by atoms with van der Waals surface area (Å²) in [5, 5.41) is 19.7. The van der Waals surface area contributed by atoms with E-state index in [2.05, 4.69) is 5.32 Å². The summed E-state index contributed by atoms with van der Waals surface area (Å²) >= 11 is 1.22. The van der Waals surface area contributed by atoms with Crippen LogP contribution >= 0.6 is 11.8 Å². The number of amides is 1. The third-order valence-corrected chi connectivity index (χ3v) is 3.06. The van der Waals surface area contributed by atoms with Gasteiger partial charge < -0.3 is 21.7 Å². The smallest absolute Gasteiger partial charge is 0.321 e. The van der Waals surface area contributed by atoms with Crippen molar-refractivity contribution in [1.29, 1.82) is 0 Å². The summed E-state index contributed by atoms with van der Waals surface area (Å²) in [5.41, 5.74) is 10.3. The number of hydrogen-bond donors (Lipinski definition) is 5. The van der Waals surface area contributed by atoms with Crippen LogP contribution in [0.25, 0.3) is 0 Å². The summed E-state index contributed by atoms with van der Waals surface area (Å²) in [6, 6.07) is -2.25. The van der Waals surface area contributed by atoms with E-state index in [1.54, 1.807) is 6.26 Å². The van der Waals surface area contributed by atoms with Gasteiger partial charge in [0.1, 0.15) is 12.1 Å². The van der Waals surface area contributed by atoms with Crippen LogP contribution in [0.3, 0.4) is 0 Å². The number of thioether (sulfide) groups is 1. The average Bonchev–Trinajstić information content (AvgIpc) is 2.25. The minimum Gasteiger partial charge on any atom is -0.480 e. The molecule has 104 valence electrons. The van der Waals surface area contributed by atoms with Gasteiger partial charge in [-0.1, -0.05) is 0 Å². The molecule has 0 saturated heterocycles. The van der Waals surface area contributed by atoms with Gasteiger partial charge in [-0.25, -0.2) is 0 Å². The summed E-state index contributed by atoms with van der Waals surface area (Å²) < 4.78 is 0. The van der Waals surface area contributed by atoms with Crippen molar-refractivity contribution in [3.05, 3.63) is 0 Å². The zero-order valence-electron chi connectivity index (χ0n) is 9.83. The SMILES string of the molecule is CSC(C[C@H](N)C(=O)O)N[C@@H](CC(N)=O)C(=O)O. The van der Waals surface area contributed by atoms with Gasteiger partial charge in [0.25, 0.3) is 0 Å². The van der Waals surface area contributed by atoms with Crippen molar-refractivity contribution in [3.63, 3.8) is 0 Å². The van der Waals surface area contributed by atoms with Crippen molar-refractivity contribution in [3.8, 4) is 0 Å². The molecule has 0 aromatic rings. The van der Waals surface area contributed by atoms with Crippen molar-refractivity contribution in [1.82, 2.24) is 5.32 Å². The van der Waals surface area contributed by atoms with Gasteiger partial charge in [0.05, 0.1) is 11.8 Å². The molecule has 0 fully saturated rings. The third kappa shape index (κ3) is 6.42. The van der Waals surface area contributed by atoms with Crippen molar-refractivity contribution >= 4 is 29.6 Å². The molecule has 1 amide bonds. The van der Waals surface area contributed by atoms with Gasteiger partial charge >= 0.3 is 11.9 Å². The number of nitrogens with two attached hydrogens (primary N) is 2. The number of carbonyl (C=O) groups is 3. The molecule has 9 heteroatoms.